The van der Waals surface area contributed by atoms with Crippen molar-refractivity contribution in [2.24, 2.45) is 17.8 Å². The van der Waals surface area contributed by atoms with Crippen LogP contribution in [0.3, 0.4) is 0 Å². The quantitative estimate of drug-likeness (QED) is 0.850. The van der Waals surface area contributed by atoms with E-state index in [0.717, 1.165) is 18.4 Å². The lowest BCUT2D eigenvalue weighted by Crippen LogP contribution is -2.33. The van der Waals surface area contributed by atoms with Crippen molar-refractivity contribution >= 4 is 34.8 Å². The number of rotatable bonds is 3. The monoisotopic (exact) mass is 326 g/mol. The summed E-state index contributed by atoms with van der Waals surface area (Å²) in [6.07, 6.45) is 5.33. The average molecular weight is 327 g/mol. The van der Waals surface area contributed by atoms with Gasteiger partial charge in [0.15, 0.2) is 0 Å². The van der Waals surface area contributed by atoms with Gasteiger partial charge in [-0.3, -0.25) is 4.79 Å². The molecule has 3 nitrogen and oxygen atoms in total. The second-order valence-corrected chi connectivity index (χ2v) is 7.29. The largest absolute Gasteiger partial charge is 0.396 e. The molecule has 1 amide bonds. The van der Waals surface area contributed by atoms with E-state index < -0.39 is 0 Å². The summed E-state index contributed by atoms with van der Waals surface area (Å²) in [6, 6.07) is 3.20. The van der Waals surface area contributed by atoms with E-state index >= 15 is 0 Å². The summed E-state index contributed by atoms with van der Waals surface area (Å²) in [5.74, 6) is 2.31. The highest BCUT2D eigenvalue weighted by Crippen LogP contribution is 2.48. The molecule has 1 aromatic rings. The fraction of sp³-hybridized carbons (Fsp3) is 0.562. The van der Waals surface area contributed by atoms with Gasteiger partial charge >= 0.3 is 0 Å². The molecule has 114 valence electrons. The molecule has 2 bridgehead atoms. The van der Waals surface area contributed by atoms with Gasteiger partial charge in [0, 0.05) is 19.2 Å². The number of nitrogens with two attached hydrogens (primary N) is 1. The van der Waals surface area contributed by atoms with Crippen LogP contribution >= 0.6 is 23.2 Å². The number of nitrogens with zero attached hydrogens (tertiary/aromatic N) is 1. The van der Waals surface area contributed by atoms with Crippen molar-refractivity contribution in [1.29, 1.82) is 0 Å². The third-order valence-corrected chi connectivity index (χ3v) is 5.69. The van der Waals surface area contributed by atoms with Crippen LogP contribution in [-0.4, -0.2) is 24.4 Å². The molecule has 0 saturated heterocycles. The Morgan fingerprint density at radius 1 is 1.29 bits per heavy atom. The summed E-state index contributed by atoms with van der Waals surface area (Å²) >= 11 is 12.0. The Balaban J connectivity index is 1.70. The lowest BCUT2D eigenvalue weighted by Gasteiger charge is -2.27. The van der Waals surface area contributed by atoms with Crippen molar-refractivity contribution in [3.63, 3.8) is 0 Å². The standard InChI is InChI=1S/C16H20Cl2N2O/c1-20(8-12-5-9-2-3-10(12)4-9)16(21)11-6-13(17)15(19)14(18)7-11/h6-7,9-10,12H,2-5,8,19H2,1H3. The number of anilines is 1. The minimum absolute atomic E-state index is 0.0402. The Bertz CT molecular complexity index is 552. The molecule has 2 aliphatic carbocycles. The smallest absolute Gasteiger partial charge is 0.253 e. The molecule has 21 heavy (non-hydrogen) atoms. The van der Waals surface area contributed by atoms with Gasteiger partial charge in [0.05, 0.1) is 15.7 Å². The summed E-state index contributed by atoms with van der Waals surface area (Å²) in [5, 5.41) is 0.665. The van der Waals surface area contributed by atoms with E-state index in [9.17, 15) is 4.79 Å². The van der Waals surface area contributed by atoms with Gasteiger partial charge in [-0.05, 0) is 49.1 Å². The molecule has 2 fully saturated rings. The third kappa shape index (κ3) is 2.86. The number of hydrogen-bond acceptors (Lipinski definition) is 2. The maximum absolute atomic E-state index is 12.5. The third-order valence-electron chi connectivity index (χ3n) is 5.07. The molecule has 0 aromatic heterocycles. The number of benzene rings is 1. The molecule has 3 rings (SSSR count). The van der Waals surface area contributed by atoms with Gasteiger partial charge in [-0.15, -0.1) is 0 Å². The molecule has 0 heterocycles. The lowest BCUT2D eigenvalue weighted by atomic mass is 9.88. The minimum Gasteiger partial charge on any atom is -0.396 e. The first kappa shape index (κ1) is 15.0. The topological polar surface area (TPSA) is 46.3 Å². The predicted molar refractivity (Wildman–Crippen MR) is 86.8 cm³/mol. The molecule has 2 saturated carbocycles. The van der Waals surface area contributed by atoms with Gasteiger partial charge in [-0.25, -0.2) is 0 Å². The number of halogens is 2. The Hall–Kier alpha value is -0.930. The zero-order valence-corrected chi connectivity index (χ0v) is 13.6. The van der Waals surface area contributed by atoms with Crippen LogP contribution in [-0.2, 0) is 0 Å². The average Bonchev–Trinajstić information content (AvgIpc) is 3.05. The van der Waals surface area contributed by atoms with Crippen LogP contribution in [0.1, 0.15) is 36.0 Å². The summed E-state index contributed by atoms with van der Waals surface area (Å²) in [4.78, 5) is 14.3. The zero-order chi connectivity index (χ0) is 15.1. The van der Waals surface area contributed by atoms with E-state index in [0.29, 0.717) is 27.2 Å². The second-order valence-electron chi connectivity index (χ2n) is 6.47. The van der Waals surface area contributed by atoms with Crippen molar-refractivity contribution in [2.75, 3.05) is 19.3 Å². The van der Waals surface area contributed by atoms with Crippen molar-refractivity contribution in [3.05, 3.63) is 27.7 Å². The van der Waals surface area contributed by atoms with Crippen LogP contribution in [0, 0.1) is 17.8 Å². The highest BCUT2D eigenvalue weighted by Gasteiger charge is 2.40. The molecule has 0 aliphatic heterocycles. The van der Waals surface area contributed by atoms with E-state index in [-0.39, 0.29) is 5.91 Å². The first-order chi connectivity index (χ1) is 9.95. The molecule has 1 aromatic carbocycles. The molecule has 5 heteroatoms. The SMILES string of the molecule is CN(CC1CC2CCC1C2)C(=O)c1cc(Cl)c(N)c(Cl)c1. The minimum atomic E-state index is -0.0402. The Labute approximate surface area is 135 Å². The van der Waals surface area contributed by atoms with Crippen LogP contribution in [0.2, 0.25) is 10.0 Å². The number of carbonyl (C=O) groups excluding carboxylic acids is 1. The van der Waals surface area contributed by atoms with E-state index in [1.54, 1.807) is 17.0 Å². The van der Waals surface area contributed by atoms with Gasteiger partial charge < -0.3 is 10.6 Å². The highest BCUT2D eigenvalue weighted by atomic mass is 35.5. The molecular weight excluding hydrogens is 307 g/mol. The number of amides is 1. The number of fused-ring (bicyclic) bond motifs is 2. The summed E-state index contributed by atoms with van der Waals surface area (Å²) in [6.45, 7) is 0.819. The van der Waals surface area contributed by atoms with E-state index in [4.69, 9.17) is 28.9 Å². The molecular formula is C16H20Cl2N2O. The molecule has 0 spiro atoms. The Morgan fingerprint density at radius 2 is 1.95 bits per heavy atom. The normalized spacial score (nSPS) is 27.1. The summed E-state index contributed by atoms with van der Waals surface area (Å²) < 4.78 is 0. The molecule has 2 N–H and O–H groups in total. The van der Waals surface area contributed by atoms with Crippen LogP contribution in [0.4, 0.5) is 5.69 Å². The first-order valence-electron chi connectivity index (χ1n) is 7.45. The fourth-order valence-electron chi connectivity index (χ4n) is 3.96. The van der Waals surface area contributed by atoms with Crippen LogP contribution in [0.5, 0.6) is 0 Å². The predicted octanol–water partition coefficient (Wildman–Crippen LogP) is 4.08. The second kappa shape index (κ2) is 5.69. The highest BCUT2D eigenvalue weighted by molar-refractivity contribution is 6.39. The molecule has 2 aliphatic rings. The van der Waals surface area contributed by atoms with Crippen molar-refractivity contribution in [3.8, 4) is 0 Å². The maximum Gasteiger partial charge on any atom is 0.253 e. The molecule has 3 atom stereocenters. The van der Waals surface area contributed by atoms with Gasteiger partial charge in [0.25, 0.3) is 5.91 Å². The van der Waals surface area contributed by atoms with E-state index in [1.807, 2.05) is 7.05 Å². The summed E-state index contributed by atoms with van der Waals surface area (Å²) in [7, 11) is 1.85. The van der Waals surface area contributed by atoms with E-state index in [1.165, 1.54) is 25.7 Å². The number of nitrogen functional groups attached to an aromatic ring is 1. The first-order valence-corrected chi connectivity index (χ1v) is 8.21. The van der Waals surface area contributed by atoms with Crippen molar-refractivity contribution in [2.45, 2.75) is 25.7 Å². The van der Waals surface area contributed by atoms with Crippen molar-refractivity contribution in [1.82, 2.24) is 4.90 Å². The molecule has 3 unspecified atom stereocenters. The maximum atomic E-state index is 12.5. The number of carbonyl (C=O) groups is 1. The van der Waals surface area contributed by atoms with Gasteiger partial charge in [-0.1, -0.05) is 29.6 Å². The Kier molecular flexibility index (Phi) is 4.06. The summed E-state index contributed by atoms with van der Waals surface area (Å²) in [5.41, 5.74) is 6.54. The number of hydrogen-bond donors (Lipinski definition) is 1. The Morgan fingerprint density at radius 3 is 2.48 bits per heavy atom. The van der Waals surface area contributed by atoms with Crippen LogP contribution in [0.15, 0.2) is 12.1 Å². The van der Waals surface area contributed by atoms with Gasteiger partial charge in [-0.2, -0.15) is 0 Å². The fourth-order valence-corrected chi connectivity index (χ4v) is 4.45. The van der Waals surface area contributed by atoms with Gasteiger partial charge in [0.2, 0.25) is 0 Å². The van der Waals surface area contributed by atoms with Gasteiger partial charge in [0.1, 0.15) is 0 Å². The molecule has 0 radical (unpaired) electrons. The zero-order valence-electron chi connectivity index (χ0n) is 12.1. The van der Waals surface area contributed by atoms with E-state index in [2.05, 4.69) is 0 Å². The van der Waals surface area contributed by atoms with Crippen molar-refractivity contribution < 1.29 is 4.79 Å². The lowest BCUT2D eigenvalue weighted by molar-refractivity contribution is 0.0754. The van der Waals surface area contributed by atoms with Crippen LogP contribution in [0.25, 0.3) is 0 Å². The van der Waals surface area contributed by atoms with Crippen LogP contribution < -0.4 is 5.73 Å².